The molecule has 0 aliphatic carbocycles. The average molecular weight is 347 g/mol. The van der Waals surface area contributed by atoms with Crippen LogP contribution in [0.4, 0.5) is 13.2 Å². The van der Waals surface area contributed by atoms with E-state index in [2.05, 4.69) is 0 Å². The molecule has 0 aliphatic heterocycles. The van der Waals surface area contributed by atoms with Crippen LogP contribution in [0.2, 0.25) is 0 Å². The molecule has 0 radical (unpaired) electrons. The maximum absolute atomic E-state index is 12.7. The Morgan fingerprint density at radius 2 is 1.76 bits per heavy atom. The fourth-order valence-corrected chi connectivity index (χ4v) is 2.38. The molecule has 0 unspecified atom stereocenters. The van der Waals surface area contributed by atoms with Crippen molar-refractivity contribution >= 4 is 12.0 Å². The first-order valence-electron chi connectivity index (χ1n) is 7.97. The number of hydrogen-bond acceptors (Lipinski definition) is 1. The van der Waals surface area contributed by atoms with Crippen LogP contribution < -0.4 is 0 Å². The summed E-state index contributed by atoms with van der Waals surface area (Å²) in [5.41, 5.74) is 0.607. The first-order chi connectivity index (χ1) is 11.8. The van der Waals surface area contributed by atoms with Gasteiger partial charge >= 0.3 is 6.18 Å². The Balaban J connectivity index is 2.14. The minimum atomic E-state index is -4.40. The lowest BCUT2D eigenvalue weighted by molar-refractivity contribution is -0.137. The second kappa shape index (κ2) is 8.01. The second-order valence-electron chi connectivity index (χ2n) is 6.00. The van der Waals surface area contributed by atoms with Gasteiger partial charge in [0.15, 0.2) is 0 Å². The molecule has 5 heteroatoms. The van der Waals surface area contributed by atoms with E-state index in [0.29, 0.717) is 12.1 Å². The Kier molecular flexibility index (Phi) is 6.02. The maximum Gasteiger partial charge on any atom is 0.416 e. The van der Waals surface area contributed by atoms with Crippen molar-refractivity contribution in [2.75, 3.05) is 0 Å². The summed E-state index contributed by atoms with van der Waals surface area (Å²) in [5, 5.41) is 0. The molecule has 0 aromatic heterocycles. The number of hydrogen-bond donors (Lipinski definition) is 0. The minimum absolute atomic E-state index is 0.0288. The predicted octanol–water partition coefficient (Wildman–Crippen LogP) is 5.16. The van der Waals surface area contributed by atoms with Crippen LogP contribution in [0.1, 0.15) is 30.5 Å². The molecule has 1 amide bonds. The molecule has 132 valence electrons. The molecule has 0 saturated carbocycles. The summed E-state index contributed by atoms with van der Waals surface area (Å²) in [6.07, 6.45) is -1.67. The predicted molar refractivity (Wildman–Crippen MR) is 92.6 cm³/mol. The van der Waals surface area contributed by atoms with Crippen LogP contribution in [-0.2, 0) is 17.5 Å². The molecule has 0 saturated heterocycles. The molecule has 2 aromatic carbocycles. The number of rotatable bonds is 5. The van der Waals surface area contributed by atoms with Gasteiger partial charge in [-0.2, -0.15) is 13.2 Å². The van der Waals surface area contributed by atoms with Crippen LogP contribution in [0.15, 0.2) is 60.7 Å². The molecule has 0 spiro atoms. The lowest BCUT2D eigenvalue weighted by Gasteiger charge is -2.25. The maximum atomic E-state index is 12.7. The topological polar surface area (TPSA) is 20.3 Å². The molecule has 0 heterocycles. The van der Waals surface area contributed by atoms with Crippen LogP contribution >= 0.6 is 0 Å². The largest absolute Gasteiger partial charge is 0.416 e. The van der Waals surface area contributed by atoms with Gasteiger partial charge in [0.2, 0.25) is 5.91 Å². The second-order valence-corrected chi connectivity index (χ2v) is 6.00. The molecule has 0 aliphatic rings. The van der Waals surface area contributed by atoms with E-state index < -0.39 is 11.7 Å². The average Bonchev–Trinajstić information content (AvgIpc) is 2.58. The third-order valence-corrected chi connectivity index (χ3v) is 3.73. The van der Waals surface area contributed by atoms with Crippen molar-refractivity contribution in [1.82, 2.24) is 4.90 Å². The third kappa shape index (κ3) is 5.48. The molecule has 2 aromatic rings. The van der Waals surface area contributed by atoms with Crippen LogP contribution in [0.5, 0.6) is 0 Å². The first kappa shape index (κ1) is 18.8. The summed E-state index contributed by atoms with van der Waals surface area (Å²) in [4.78, 5) is 14.1. The van der Waals surface area contributed by atoms with Gasteiger partial charge in [-0.05, 0) is 43.2 Å². The molecular weight excluding hydrogens is 327 g/mol. The van der Waals surface area contributed by atoms with Crippen LogP contribution in [0, 0.1) is 0 Å². The van der Waals surface area contributed by atoms with E-state index in [1.165, 1.54) is 24.3 Å². The van der Waals surface area contributed by atoms with E-state index in [1.807, 2.05) is 44.2 Å². The molecule has 0 atom stereocenters. The highest BCUT2D eigenvalue weighted by atomic mass is 19.4. The zero-order valence-corrected chi connectivity index (χ0v) is 14.1. The van der Waals surface area contributed by atoms with Gasteiger partial charge < -0.3 is 4.90 Å². The summed E-state index contributed by atoms with van der Waals surface area (Å²) in [6, 6.07) is 14.4. The van der Waals surface area contributed by atoms with Gasteiger partial charge in [0.05, 0.1) is 5.56 Å². The number of carbonyl (C=O) groups excluding carboxylic acids is 1. The highest BCUT2D eigenvalue weighted by Crippen LogP contribution is 2.29. The standard InChI is InChI=1S/C20H20F3NO/c1-15(2)24(14-17-7-4-3-5-8-17)19(25)12-11-16-9-6-10-18(13-16)20(21,22)23/h3-13,15H,14H2,1-2H3. The lowest BCUT2D eigenvalue weighted by Crippen LogP contribution is -2.35. The van der Waals surface area contributed by atoms with Crippen LogP contribution in [-0.4, -0.2) is 16.8 Å². The Morgan fingerprint density at radius 3 is 2.36 bits per heavy atom. The van der Waals surface area contributed by atoms with Crippen molar-refractivity contribution in [3.63, 3.8) is 0 Å². The molecule has 2 nitrogen and oxygen atoms in total. The summed E-state index contributed by atoms with van der Waals surface area (Å²) < 4.78 is 38.2. The van der Waals surface area contributed by atoms with Gasteiger partial charge in [-0.3, -0.25) is 4.79 Å². The SMILES string of the molecule is CC(C)N(Cc1ccccc1)C(=O)C=Cc1cccc(C(F)(F)F)c1. The normalized spacial score (nSPS) is 11.9. The molecule has 2 rings (SSSR count). The highest BCUT2D eigenvalue weighted by Gasteiger charge is 2.30. The van der Waals surface area contributed by atoms with E-state index >= 15 is 0 Å². The van der Waals surface area contributed by atoms with E-state index in [9.17, 15) is 18.0 Å². The van der Waals surface area contributed by atoms with Crippen molar-refractivity contribution < 1.29 is 18.0 Å². The van der Waals surface area contributed by atoms with Gasteiger partial charge in [-0.15, -0.1) is 0 Å². The van der Waals surface area contributed by atoms with Crippen LogP contribution in [0.3, 0.4) is 0 Å². The van der Waals surface area contributed by atoms with Crippen molar-refractivity contribution in [2.45, 2.75) is 32.6 Å². The number of benzene rings is 2. The Morgan fingerprint density at radius 1 is 1.08 bits per heavy atom. The summed E-state index contributed by atoms with van der Waals surface area (Å²) >= 11 is 0. The fourth-order valence-electron chi connectivity index (χ4n) is 2.38. The number of carbonyl (C=O) groups is 1. The smallest absolute Gasteiger partial charge is 0.332 e. The van der Waals surface area contributed by atoms with E-state index in [1.54, 1.807) is 4.90 Å². The van der Waals surface area contributed by atoms with Gasteiger partial charge in [0, 0.05) is 18.7 Å². The lowest BCUT2D eigenvalue weighted by atomic mass is 10.1. The summed E-state index contributed by atoms with van der Waals surface area (Å²) in [6.45, 7) is 4.25. The Hall–Kier alpha value is -2.56. The fraction of sp³-hybridized carbons (Fsp3) is 0.250. The molecular formula is C20H20F3NO. The van der Waals surface area contributed by atoms with E-state index in [4.69, 9.17) is 0 Å². The Bertz CT molecular complexity index is 736. The van der Waals surface area contributed by atoms with Gasteiger partial charge in [-0.25, -0.2) is 0 Å². The van der Waals surface area contributed by atoms with Crippen molar-refractivity contribution in [3.8, 4) is 0 Å². The van der Waals surface area contributed by atoms with Crippen molar-refractivity contribution in [3.05, 3.63) is 77.4 Å². The molecule has 0 N–H and O–H groups in total. The zero-order valence-electron chi connectivity index (χ0n) is 14.1. The molecule has 0 fully saturated rings. The van der Waals surface area contributed by atoms with E-state index in [0.717, 1.165) is 17.7 Å². The van der Waals surface area contributed by atoms with Gasteiger partial charge in [0.1, 0.15) is 0 Å². The van der Waals surface area contributed by atoms with Crippen molar-refractivity contribution in [1.29, 1.82) is 0 Å². The highest BCUT2D eigenvalue weighted by molar-refractivity contribution is 5.92. The number of amides is 1. The molecule has 0 bridgehead atoms. The zero-order chi connectivity index (χ0) is 18.4. The third-order valence-electron chi connectivity index (χ3n) is 3.73. The van der Waals surface area contributed by atoms with Crippen LogP contribution in [0.25, 0.3) is 6.08 Å². The molecule has 25 heavy (non-hydrogen) atoms. The Labute approximate surface area is 145 Å². The number of nitrogens with zero attached hydrogens (tertiary/aromatic N) is 1. The van der Waals surface area contributed by atoms with Crippen molar-refractivity contribution in [2.24, 2.45) is 0 Å². The first-order valence-corrected chi connectivity index (χ1v) is 7.97. The summed E-state index contributed by atoms with van der Waals surface area (Å²) in [5.74, 6) is -0.240. The quantitative estimate of drug-likeness (QED) is 0.685. The minimum Gasteiger partial charge on any atom is -0.332 e. The summed E-state index contributed by atoms with van der Waals surface area (Å²) in [7, 11) is 0. The van der Waals surface area contributed by atoms with E-state index in [-0.39, 0.29) is 11.9 Å². The monoisotopic (exact) mass is 347 g/mol. The van der Waals surface area contributed by atoms with Gasteiger partial charge in [0.25, 0.3) is 0 Å². The van der Waals surface area contributed by atoms with Gasteiger partial charge in [-0.1, -0.05) is 42.5 Å². The number of alkyl halides is 3. The number of halogens is 3.